The molecule has 0 aliphatic rings. The summed E-state index contributed by atoms with van der Waals surface area (Å²) in [6, 6.07) is 1.68. The van der Waals surface area contributed by atoms with Gasteiger partial charge >= 0.3 is 0 Å². The number of halogens is 1. The molecule has 1 aromatic rings. The van der Waals surface area contributed by atoms with Crippen LogP contribution in [0.2, 0.25) is 5.15 Å². The second-order valence-electron chi connectivity index (χ2n) is 2.65. The van der Waals surface area contributed by atoms with Gasteiger partial charge in [0.05, 0.1) is 6.61 Å². The van der Waals surface area contributed by atoms with Crippen molar-refractivity contribution in [3.05, 3.63) is 17.0 Å². The highest BCUT2D eigenvalue weighted by Crippen LogP contribution is 2.18. The Balaban J connectivity index is 2.66. The monoisotopic (exact) mass is 248 g/mol. The molecule has 15 heavy (non-hydrogen) atoms. The molecule has 0 fully saturated rings. The summed E-state index contributed by atoms with van der Waals surface area (Å²) in [4.78, 5) is 8.27. The maximum atomic E-state index is 8.69. The Morgan fingerprint density at radius 2 is 2.33 bits per heavy atom. The van der Waals surface area contributed by atoms with Crippen LogP contribution in [0.1, 0.15) is 12.7 Å². The molecular weight excluding hydrogens is 236 g/mol. The predicted octanol–water partition coefficient (Wildman–Crippen LogP) is 1.75. The van der Waals surface area contributed by atoms with Crippen molar-refractivity contribution in [2.45, 2.75) is 18.6 Å². The van der Waals surface area contributed by atoms with Gasteiger partial charge in [-0.05, 0) is 6.92 Å². The van der Waals surface area contributed by atoms with E-state index in [9.17, 15) is 0 Å². The number of aliphatic hydroxyl groups is 1. The van der Waals surface area contributed by atoms with Crippen LogP contribution in [0.3, 0.4) is 0 Å². The molecule has 0 saturated carbocycles. The minimum atomic E-state index is 0.118. The van der Waals surface area contributed by atoms with Crippen LogP contribution in [0.25, 0.3) is 0 Å². The summed E-state index contributed by atoms with van der Waals surface area (Å²) in [5, 5.41) is 9.85. The van der Waals surface area contributed by atoms with E-state index in [0.717, 1.165) is 5.03 Å². The van der Waals surface area contributed by atoms with E-state index in [0.29, 0.717) is 29.9 Å². The Morgan fingerprint density at radius 3 is 3.00 bits per heavy atom. The summed E-state index contributed by atoms with van der Waals surface area (Å²) in [6.07, 6.45) is 0. The molecule has 0 aromatic carbocycles. The number of aliphatic hydroxyl groups excluding tert-OH is 1. The predicted molar refractivity (Wildman–Crippen MR) is 60.2 cm³/mol. The largest absolute Gasteiger partial charge is 0.396 e. The highest BCUT2D eigenvalue weighted by molar-refractivity contribution is 7.99. The van der Waals surface area contributed by atoms with E-state index in [1.807, 2.05) is 6.92 Å². The van der Waals surface area contributed by atoms with Crippen LogP contribution >= 0.6 is 23.4 Å². The Hall–Kier alpha value is -0.360. The van der Waals surface area contributed by atoms with Gasteiger partial charge in [0, 0.05) is 18.4 Å². The third kappa shape index (κ3) is 4.79. The first kappa shape index (κ1) is 12.7. The molecule has 4 nitrogen and oxygen atoms in total. The van der Waals surface area contributed by atoms with Crippen molar-refractivity contribution >= 4 is 23.4 Å². The fourth-order valence-corrected chi connectivity index (χ4v) is 1.85. The second-order valence-corrected chi connectivity index (χ2v) is 4.16. The fourth-order valence-electron chi connectivity index (χ4n) is 0.924. The van der Waals surface area contributed by atoms with Gasteiger partial charge in [-0.2, -0.15) is 0 Å². The maximum absolute atomic E-state index is 8.69. The first-order valence-electron chi connectivity index (χ1n) is 4.61. The average Bonchev–Trinajstić information content (AvgIpc) is 2.23. The van der Waals surface area contributed by atoms with Crippen LogP contribution in [0.15, 0.2) is 11.1 Å². The molecular formula is C9H13ClN2O2S. The third-order valence-corrected chi connectivity index (χ3v) is 2.58. The molecule has 1 heterocycles. The topological polar surface area (TPSA) is 55.2 Å². The van der Waals surface area contributed by atoms with Gasteiger partial charge in [-0.25, -0.2) is 9.97 Å². The SMILES string of the molecule is CCOCc1nc(Cl)cc(SCCO)n1. The smallest absolute Gasteiger partial charge is 0.156 e. The first-order valence-corrected chi connectivity index (χ1v) is 5.97. The summed E-state index contributed by atoms with van der Waals surface area (Å²) >= 11 is 7.27. The molecule has 0 unspecified atom stereocenters. The van der Waals surface area contributed by atoms with Crippen LogP contribution in [0, 0.1) is 0 Å². The summed E-state index contributed by atoms with van der Waals surface area (Å²) in [6.45, 7) is 3.01. The number of thioether (sulfide) groups is 1. The van der Waals surface area contributed by atoms with Gasteiger partial charge in [0.15, 0.2) is 5.82 Å². The molecule has 1 aromatic heterocycles. The zero-order valence-electron chi connectivity index (χ0n) is 8.44. The van der Waals surface area contributed by atoms with Crippen molar-refractivity contribution in [1.82, 2.24) is 9.97 Å². The van der Waals surface area contributed by atoms with Crippen molar-refractivity contribution in [2.24, 2.45) is 0 Å². The van der Waals surface area contributed by atoms with Crippen LogP contribution in [-0.2, 0) is 11.3 Å². The summed E-state index contributed by atoms with van der Waals surface area (Å²) in [5.41, 5.74) is 0. The maximum Gasteiger partial charge on any atom is 0.156 e. The lowest BCUT2D eigenvalue weighted by Crippen LogP contribution is -2.00. The Bertz CT molecular complexity index is 286. The summed E-state index contributed by atoms with van der Waals surface area (Å²) in [5.74, 6) is 1.17. The molecule has 0 aliphatic carbocycles. The van der Waals surface area contributed by atoms with Crippen LogP contribution in [-0.4, -0.2) is 34.0 Å². The average molecular weight is 249 g/mol. The number of rotatable bonds is 6. The lowest BCUT2D eigenvalue weighted by molar-refractivity contribution is 0.128. The minimum Gasteiger partial charge on any atom is -0.396 e. The van der Waals surface area contributed by atoms with Gasteiger partial charge in [0.2, 0.25) is 0 Å². The van der Waals surface area contributed by atoms with Crippen LogP contribution < -0.4 is 0 Å². The summed E-state index contributed by atoms with van der Waals surface area (Å²) < 4.78 is 5.19. The Morgan fingerprint density at radius 1 is 1.53 bits per heavy atom. The van der Waals surface area contributed by atoms with Gasteiger partial charge in [-0.3, -0.25) is 0 Å². The first-order chi connectivity index (χ1) is 7.26. The minimum absolute atomic E-state index is 0.118. The van der Waals surface area contributed by atoms with E-state index in [1.165, 1.54) is 11.8 Å². The molecule has 0 atom stereocenters. The Kier molecular flexibility index (Phi) is 5.93. The molecule has 1 rings (SSSR count). The zero-order chi connectivity index (χ0) is 11.1. The van der Waals surface area contributed by atoms with Gasteiger partial charge in [0.25, 0.3) is 0 Å². The molecule has 1 N–H and O–H groups in total. The zero-order valence-corrected chi connectivity index (χ0v) is 10.0. The number of aromatic nitrogens is 2. The number of ether oxygens (including phenoxy) is 1. The van der Waals surface area contributed by atoms with Crippen molar-refractivity contribution < 1.29 is 9.84 Å². The molecule has 0 aliphatic heterocycles. The van der Waals surface area contributed by atoms with Crippen LogP contribution in [0.5, 0.6) is 0 Å². The fraction of sp³-hybridized carbons (Fsp3) is 0.556. The third-order valence-electron chi connectivity index (χ3n) is 1.49. The highest BCUT2D eigenvalue weighted by Gasteiger charge is 2.03. The van der Waals surface area contributed by atoms with E-state index < -0.39 is 0 Å². The van der Waals surface area contributed by atoms with Crippen molar-refractivity contribution in [3.8, 4) is 0 Å². The molecule has 0 amide bonds. The van der Waals surface area contributed by atoms with Crippen molar-refractivity contribution in [3.63, 3.8) is 0 Å². The number of hydrogen-bond acceptors (Lipinski definition) is 5. The van der Waals surface area contributed by atoms with E-state index >= 15 is 0 Å². The van der Waals surface area contributed by atoms with Gasteiger partial charge in [-0.1, -0.05) is 11.6 Å². The molecule has 0 saturated heterocycles. The summed E-state index contributed by atoms with van der Waals surface area (Å²) in [7, 11) is 0. The van der Waals surface area contributed by atoms with Crippen molar-refractivity contribution in [1.29, 1.82) is 0 Å². The quantitative estimate of drug-likeness (QED) is 0.614. The molecule has 84 valence electrons. The van der Waals surface area contributed by atoms with Gasteiger partial charge in [0.1, 0.15) is 16.8 Å². The van der Waals surface area contributed by atoms with E-state index in [1.54, 1.807) is 6.07 Å². The lowest BCUT2D eigenvalue weighted by Gasteiger charge is -2.04. The number of hydrogen-bond donors (Lipinski definition) is 1. The Labute approximate surface area is 98.0 Å². The second kappa shape index (κ2) is 7.00. The van der Waals surface area contributed by atoms with E-state index in [-0.39, 0.29) is 6.61 Å². The van der Waals surface area contributed by atoms with Gasteiger partial charge < -0.3 is 9.84 Å². The highest BCUT2D eigenvalue weighted by atomic mass is 35.5. The molecule has 0 spiro atoms. The number of nitrogens with zero attached hydrogens (tertiary/aromatic N) is 2. The molecule has 6 heteroatoms. The lowest BCUT2D eigenvalue weighted by atomic mass is 10.6. The normalized spacial score (nSPS) is 10.6. The van der Waals surface area contributed by atoms with E-state index in [4.69, 9.17) is 21.4 Å². The van der Waals surface area contributed by atoms with Gasteiger partial charge in [-0.15, -0.1) is 11.8 Å². The molecule has 0 bridgehead atoms. The van der Waals surface area contributed by atoms with Crippen molar-refractivity contribution in [2.75, 3.05) is 19.0 Å². The standard InChI is InChI=1S/C9H13ClN2O2S/c1-2-14-6-8-11-7(10)5-9(12-8)15-4-3-13/h5,13H,2-4,6H2,1H3. The van der Waals surface area contributed by atoms with Crippen LogP contribution in [0.4, 0.5) is 0 Å². The van der Waals surface area contributed by atoms with E-state index in [2.05, 4.69) is 9.97 Å². The molecule has 0 radical (unpaired) electrons.